The molecule has 0 bridgehead atoms. The average molecular weight is 191 g/mol. The summed E-state index contributed by atoms with van der Waals surface area (Å²) < 4.78 is 5.02. The molecular weight excluding hydrogens is 174 g/mol. The van der Waals surface area contributed by atoms with Crippen LogP contribution >= 0.6 is 0 Å². The molecule has 0 aromatic rings. The van der Waals surface area contributed by atoms with Gasteiger partial charge in [0.1, 0.15) is 6.61 Å². The van der Waals surface area contributed by atoms with Gasteiger partial charge in [0.05, 0.1) is 25.4 Å². The Morgan fingerprint density at radius 2 is 1.92 bits per heavy atom. The maximum absolute atomic E-state index is 11.0. The van der Waals surface area contributed by atoms with Crippen LogP contribution in [0.3, 0.4) is 0 Å². The van der Waals surface area contributed by atoms with Gasteiger partial charge < -0.3 is 20.3 Å². The maximum Gasteiger partial charge on any atom is 0.246 e. The minimum absolute atomic E-state index is 0.00699. The number of ether oxygens (including phenoxy) is 1. The van der Waals surface area contributed by atoms with Crippen molar-refractivity contribution in [2.24, 2.45) is 0 Å². The van der Waals surface area contributed by atoms with Crippen LogP contribution in [0.15, 0.2) is 0 Å². The lowest BCUT2D eigenvalue weighted by Gasteiger charge is -2.14. The lowest BCUT2D eigenvalue weighted by atomic mass is 10.3. The minimum Gasteiger partial charge on any atom is -0.394 e. The van der Waals surface area contributed by atoms with Crippen molar-refractivity contribution < 1.29 is 19.7 Å². The summed E-state index contributed by atoms with van der Waals surface area (Å²) >= 11 is 0. The molecule has 0 atom stereocenters. The Kier molecular flexibility index (Phi) is 6.48. The normalized spacial score (nSPS) is 10.9. The van der Waals surface area contributed by atoms with Gasteiger partial charge in [-0.05, 0) is 13.8 Å². The molecule has 0 aromatic heterocycles. The Labute approximate surface area is 77.7 Å². The summed E-state index contributed by atoms with van der Waals surface area (Å²) in [6.45, 7) is 3.05. The largest absolute Gasteiger partial charge is 0.394 e. The van der Waals surface area contributed by atoms with Gasteiger partial charge in [0, 0.05) is 0 Å². The molecule has 0 unspecified atom stereocenters. The molecule has 0 rings (SSSR count). The first-order valence-corrected chi connectivity index (χ1v) is 4.22. The predicted octanol–water partition coefficient (Wildman–Crippen LogP) is -1.12. The highest BCUT2D eigenvalue weighted by Gasteiger charge is 2.10. The van der Waals surface area contributed by atoms with Gasteiger partial charge >= 0.3 is 0 Å². The van der Waals surface area contributed by atoms with Crippen molar-refractivity contribution in [1.82, 2.24) is 5.32 Å². The van der Waals surface area contributed by atoms with Crippen LogP contribution in [0, 0.1) is 0 Å². The van der Waals surface area contributed by atoms with Crippen molar-refractivity contribution >= 4 is 5.91 Å². The Bertz CT molecular complexity index is 145. The van der Waals surface area contributed by atoms with Crippen LogP contribution in [-0.2, 0) is 9.53 Å². The molecule has 5 heteroatoms. The van der Waals surface area contributed by atoms with Crippen LogP contribution in [0.1, 0.15) is 13.8 Å². The first-order chi connectivity index (χ1) is 6.10. The summed E-state index contributed by atoms with van der Waals surface area (Å²) in [5.41, 5.74) is 0. The summed E-state index contributed by atoms with van der Waals surface area (Å²) in [6.07, 6.45) is -0.00699. The standard InChI is InChI=1S/C8H17NO4/c1-6(2)13-5-8(12)9-7(3-10)4-11/h6-7,10-11H,3-5H2,1-2H3,(H,9,12). The van der Waals surface area contributed by atoms with Crippen LogP contribution in [0.4, 0.5) is 0 Å². The van der Waals surface area contributed by atoms with Gasteiger partial charge in [-0.15, -0.1) is 0 Å². The monoisotopic (exact) mass is 191 g/mol. The number of nitrogens with one attached hydrogen (secondary N) is 1. The first-order valence-electron chi connectivity index (χ1n) is 4.22. The summed E-state index contributed by atoms with van der Waals surface area (Å²) in [5, 5.41) is 19.7. The highest BCUT2D eigenvalue weighted by atomic mass is 16.5. The zero-order valence-electron chi connectivity index (χ0n) is 7.99. The van der Waals surface area contributed by atoms with Gasteiger partial charge in [0.15, 0.2) is 0 Å². The molecule has 78 valence electrons. The third kappa shape index (κ3) is 6.51. The Balaban J connectivity index is 3.60. The second-order valence-corrected chi connectivity index (χ2v) is 2.99. The number of hydrogen-bond acceptors (Lipinski definition) is 4. The van der Waals surface area contributed by atoms with E-state index >= 15 is 0 Å². The predicted molar refractivity (Wildman–Crippen MR) is 47.2 cm³/mol. The van der Waals surface area contributed by atoms with Crippen molar-refractivity contribution in [3.63, 3.8) is 0 Å². The van der Waals surface area contributed by atoms with E-state index < -0.39 is 6.04 Å². The maximum atomic E-state index is 11.0. The lowest BCUT2D eigenvalue weighted by molar-refractivity contribution is -0.128. The second-order valence-electron chi connectivity index (χ2n) is 2.99. The highest BCUT2D eigenvalue weighted by molar-refractivity contribution is 5.77. The number of carbonyl (C=O) groups is 1. The number of aliphatic hydroxyl groups excluding tert-OH is 2. The summed E-state index contributed by atoms with van der Waals surface area (Å²) in [4.78, 5) is 11.0. The minimum atomic E-state index is -0.594. The number of amides is 1. The van der Waals surface area contributed by atoms with Crippen molar-refractivity contribution in [2.45, 2.75) is 26.0 Å². The topological polar surface area (TPSA) is 78.8 Å². The molecule has 0 spiro atoms. The quantitative estimate of drug-likeness (QED) is 0.497. The van der Waals surface area contributed by atoms with E-state index in [2.05, 4.69) is 5.32 Å². The number of rotatable bonds is 6. The fourth-order valence-electron chi connectivity index (χ4n) is 0.661. The van der Waals surface area contributed by atoms with E-state index in [0.29, 0.717) is 0 Å². The van der Waals surface area contributed by atoms with Gasteiger partial charge in [-0.3, -0.25) is 4.79 Å². The fraction of sp³-hybridized carbons (Fsp3) is 0.875. The summed E-state index contributed by atoms with van der Waals surface area (Å²) in [5.74, 6) is -0.332. The molecule has 0 fully saturated rings. The van der Waals surface area contributed by atoms with E-state index in [1.54, 1.807) is 0 Å². The van der Waals surface area contributed by atoms with Crippen LogP contribution in [0.2, 0.25) is 0 Å². The Morgan fingerprint density at radius 3 is 2.31 bits per heavy atom. The van der Waals surface area contributed by atoms with Crippen molar-refractivity contribution in [3.05, 3.63) is 0 Å². The van der Waals surface area contributed by atoms with Crippen LogP contribution in [0.25, 0.3) is 0 Å². The number of hydrogen-bond donors (Lipinski definition) is 3. The van der Waals surface area contributed by atoms with Crippen molar-refractivity contribution in [1.29, 1.82) is 0 Å². The van der Waals surface area contributed by atoms with Gasteiger partial charge in [-0.25, -0.2) is 0 Å². The molecule has 0 aliphatic carbocycles. The molecule has 0 saturated heterocycles. The third-order valence-corrected chi connectivity index (χ3v) is 1.35. The Hall–Kier alpha value is -0.650. The molecular formula is C8H17NO4. The molecule has 0 aliphatic rings. The smallest absolute Gasteiger partial charge is 0.246 e. The molecule has 0 heterocycles. The third-order valence-electron chi connectivity index (χ3n) is 1.35. The molecule has 13 heavy (non-hydrogen) atoms. The van der Waals surface area contributed by atoms with Gasteiger partial charge in [0.25, 0.3) is 0 Å². The molecule has 3 N–H and O–H groups in total. The molecule has 0 aliphatic heterocycles. The van der Waals surface area contributed by atoms with E-state index in [9.17, 15) is 4.79 Å². The molecule has 0 saturated carbocycles. The van der Waals surface area contributed by atoms with Crippen LogP contribution < -0.4 is 5.32 Å². The second kappa shape index (κ2) is 6.82. The van der Waals surface area contributed by atoms with E-state index in [4.69, 9.17) is 14.9 Å². The van der Waals surface area contributed by atoms with E-state index in [1.807, 2.05) is 13.8 Å². The molecule has 0 aromatic carbocycles. The van der Waals surface area contributed by atoms with E-state index in [1.165, 1.54) is 0 Å². The zero-order chi connectivity index (χ0) is 10.3. The van der Waals surface area contributed by atoms with Crippen LogP contribution in [0.5, 0.6) is 0 Å². The summed E-state index contributed by atoms with van der Waals surface area (Å²) in [6, 6.07) is -0.594. The van der Waals surface area contributed by atoms with Gasteiger partial charge in [-0.2, -0.15) is 0 Å². The molecule has 1 amide bonds. The lowest BCUT2D eigenvalue weighted by Crippen LogP contribution is -2.42. The summed E-state index contributed by atoms with van der Waals surface area (Å²) in [7, 11) is 0. The first kappa shape index (κ1) is 12.3. The van der Waals surface area contributed by atoms with Crippen LogP contribution in [-0.4, -0.2) is 48.1 Å². The fourth-order valence-corrected chi connectivity index (χ4v) is 0.661. The number of aliphatic hydroxyl groups is 2. The van der Waals surface area contributed by atoms with Gasteiger partial charge in [0.2, 0.25) is 5.91 Å². The Morgan fingerprint density at radius 1 is 1.38 bits per heavy atom. The molecule has 5 nitrogen and oxygen atoms in total. The number of carbonyl (C=O) groups excluding carboxylic acids is 1. The van der Waals surface area contributed by atoms with E-state index in [-0.39, 0.29) is 31.8 Å². The van der Waals surface area contributed by atoms with E-state index in [0.717, 1.165) is 0 Å². The zero-order valence-corrected chi connectivity index (χ0v) is 7.99. The van der Waals surface area contributed by atoms with Crippen molar-refractivity contribution in [3.8, 4) is 0 Å². The molecule has 0 radical (unpaired) electrons. The van der Waals surface area contributed by atoms with Crippen molar-refractivity contribution in [2.75, 3.05) is 19.8 Å². The van der Waals surface area contributed by atoms with Gasteiger partial charge in [-0.1, -0.05) is 0 Å². The highest BCUT2D eigenvalue weighted by Crippen LogP contribution is 1.87. The SMILES string of the molecule is CC(C)OCC(=O)NC(CO)CO. The average Bonchev–Trinajstić information content (AvgIpc) is 2.10.